The molecule has 2 aromatic heterocycles. The van der Waals surface area contributed by atoms with Crippen molar-refractivity contribution in [3.63, 3.8) is 0 Å². The molecule has 0 aromatic carbocycles. The van der Waals surface area contributed by atoms with Gasteiger partial charge in [-0.05, 0) is 29.8 Å². The first kappa shape index (κ1) is 10.3. The molecule has 2 aromatic rings. The summed E-state index contributed by atoms with van der Waals surface area (Å²) in [6, 6.07) is 5.34. The Labute approximate surface area is 95.9 Å². The molecule has 0 bridgehead atoms. The van der Waals surface area contributed by atoms with E-state index in [0.29, 0.717) is 11.0 Å². The number of hydrogen-bond acceptors (Lipinski definition) is 5. The number of thioether (sulfide) groups is 1. The number of nitrogens with zero attached hydrogens (tertiary/aromatic N) is 2. The maximum atomic E-state index is 5.65. The molecule has 0 aliphatic heterocycles. The van der Waals surface area contributed by atoms with Crippen LogP contribution in [0.2, 0.25) is 5.22 Å². The first-order valence-electron chi connectivity index (χ1n) is 4.19. The third-order valence-electron chi connectivity index (χ3n) is 1.64. The molecule has 0 spiro atoms. The summed E-state index contributed by atoms with van der Waals surface area (Å²) in [6.45, 7) is 0. The van der Waals surface area contributed by atoms with E-state index in [9.17, 15) is 0 Å². The van der Waals surface area contributed by atoms with Crippen LogP contribution in [0.3, 0.4) is 0 Å². The van der Waals surface area contributed by atoms with Gasteiger partial charge in [-0.25, -0.2) is 9.97 Å². The molecule has 0 unspecified atom stereocenters. The van der Waals surface area contributed by atoms with Crippen molar-refractivity contribution in [2.24, 2.45) is 0 Å². The zero-order chi connectivity index (χ0) is 10.7. The molecular formula is C9H8ClN3OS. The van der Waals surface area contributed by atoms with Crippen molar-refractivity contribution >= 4 is 29.3 Å². The molecule has 15 heavy (non-hydrogen) atoms. The average molecular weight is 242 g/mol. The van der Waals surface area contributed by atoms with E-state index < -0.39 is 0 Å². The van der Waals surface area contributed by atoms with Crippen LogP contribution >= 0.6 is 23.4 Å². The first-order chi connectivity index (χ1) is 7.24. The molecule has 78 valence electrons. The standard InChI is InChI=1S/C9H8ClN3OS/c10-7-2-1-6(14-7)5-15-8-3-4-12-9(11)13-8/h1-4H,5H2,(H2,11,12,13). The van der Waals surface area contributed by atoms with E-state index in [-0.39, 0.29) is 5.95 Å². The second-order valence-electron chi connectivity index (χ2n) is 2.75. The van der Waals surface area contributed by atoms with E-state index >= 15 is 0 Å². The highest BCUT2D eigenvalue weighted by atomic mass is 35.5. The SMILES string of the molecule is Nc1nccc(SCc2ccc(Cl)o2)n1. The minimum atomic E-state index is 0.275. The van der Waals surface area contributed by atoms with Gasteiger partial charge in [0.2, 0.25) is 5.95 Å². The summed E-state index contributed by atoms with van der Waals surface area (Å²) in [4.78, 5) is 7.86. The van der Waals surface area contributed by atoms with E-state index in [1.165, 1.54) is 11.8 Å². The molecule has 0 atom stereocenters. The third kappa shape index (κ3) is 2.87. The molecule has 2 heterocycles. The minimum Gasteiger partial charge on any atom is -0.449 e. The number of halogens is 1. The van der Waals surface area contributed by atoms with Crippen LogP contribution in [0, 0.1) is 0 Å². The fraction of sp³-hybridized carbons (Fsp3) is 0.111. The average Bonchev–Trinajstić information content (AvgIpc) is 2.62. The molecular weight excluding hydrogens is 234 g/mol. The predicted molar refractivity (Wildman–Crippen MR) is 59.7 cm³/mol. The van der Waals surface area contributed by atoms with Gasteiger partial charge in [-0.1, -0.05) is 11.8 Å². The predicted octanol–water partition coefficient (Wildman–Crippen LogP) is 2.60. The fourth-order valence-corrected chi connectivity index (χ4v) is 1.93. The lowest BCUT2D eigenvalue weighted by molar-refractivity contribution is 0.532. The second-order valence-corrected chi connectivity index (χ2v) is 4.12. The lowest BCUT2D eigenvalue weighted by Gasteiger charge is -1.98. The van der Waals surface area contributed by atoms with Gasteiger partial charge in [0.05, 0.1) is 5.75 Å². The van der Waals surface area contributed by atoms with Crippen molar-refractivity contribution < 1.29 is 4.42 Å². The summed E-state index contributed by atoms with van der Waals surface area (Å²) < 4.78 is 5.21. The van der Waals surface area contributed by atoms with Crippen molar-refractivity contribution in [1.82, 2.24) is 9.97 Å². The normalized spacial score (nSPS) is 10.5. The number of aromatic nitrogens is 2. The van der Waals surface area contributed by atoms with Crippen LogP contribution in [-0.4, -0.2) is 9.97 Å². The van der Waals surface area contributed by atoms with Gasteiger partial charge in [0.1, 0.15) is 10.8 Å². The molecule has 0 aliphatic carbocycles. The number of rotatable bonds is 3. The van der Waals surface area contributed by atoms with Crippen LogP contribution in [-0.2, 0) is 5.75 Å². The van der Waals surface area contributed by atoms with Crippen molar-refractivity contribution in [2.45, 2.75) is 10.8 Å². The zero-order valence-electron chi connectivity index (χ0n) is 7.68. The lowest BCUT2D eigenvalue weighted by Crippen LogP contribution is -1.94. The Balaban J connectivity index is 1.99. The fourth-order valence-electron chi connectivity index (χ4n) is 1.01. The summed E-state index contributed by atoms with van der Waals surface area (Å²) in [5.74, 6) is 1.75. The monoisotopic (exact) mass is 241 g/mol. The van der Waals surface area contributed by atoms with Gasteiger partial charge in [-0.3, -0.25) is 0 Å². The molecule has 6 heteroatoms. The Hall–Kier alpha value is -1.20. The number of furan rings is 1. The van der Waals surface area contributed by atoms with Crippen molar-refractivity contribution in [1.29, 1.82) is 0 Å². The second kappa shape index (κ2) is 4.55. The quantitative estimate of drug-likeness (QED) is 0.661. The molecule has 2 N–H and O–H groups in total. The van der Waals surface area contributed by atoms with E-state index in [1.54, 1.807) is 18.3 Å². The van der Waals surface area contributed by atoms with Gasteiger partial charge in [0.15, 0.2) is 5.22 Å². The molecule has 0 saturated heterocycles. The van der Waals surface area contributed by atoms with Crippen molar-refractivity contribution in [3.8, 4) is 0 Å². The number of nitrogens with two attached hydrogens (primary N) is 1. The van der Waals surface area contributed by atoms with Crippen LogP contribution in [0.4, 0.5) is 5.95 Å². The van der Waals surface area contributed by atoms with Crippen molar-refractivity contribution in [3.05, 3.63) is 35.4 Å². The molecule has 0 amide bonds. The highest BCUT2D eigenvalue weighted by Crippen LogP contribution is 2.23. The summed E-state index contributed by atoms with van der Waals surface area (Å²) >= 11 is 7.16. The Morgan fingerprint density at radius 1 is 1.40 bits per heavy atom. The number of anilines is 1. The Bertz CT molecular complexity index is 460. The van der Waals surface area contributed by atoms with Crippen LogP contribution in [0.5, 0.6) is 0 Å². The van der Waals surface area contributed by atoms with Gasteiger partial charge in [-0.2, -0.15) is 0 Å². The third-order valence-corrected chi connectivity index (χ3v) is 2.79. The first-order valence-corrected chi connectivity index (χ1v) is 5.56. The highest BCUT2D eigenvalue weighted by Gasteiger charge is 2.02. The Morgan fingerprint density at radius 2 is 2.27 bits per heavy atom. The molecule has 0 fully saturated rings. The van der Waals surface area contributed by atoms with Gasteiger partial charge >= 0.3 is 0 Å². The molecule has 2 rings (SSSR count). The smallest absolute Gasteiger partial charge is 0.221 e. The van der Waals surface area contributed by atoms with E-state index in [1.807, 2.05) is 6.07 Å². The maximum Gasteiger partial charge on any atom is 0.221 e. The topological polar surface area (TPSA) is 64.9 Å². The van der Waals surface area contributed by atoms with Gasteiger partial charge in [0, 0.05) is 6.20 Å². The van der Waals surface area contributed by atoms with Crippen LogP contribution in [0.15, 0.2) is 33.8 Å². The number of hydrogen-bond donors (Lipinski definition) is 1. The van der Waals surface area contributed by atoms with E-state index in [4.69, 9.17) is 21.8 Å². The molecule has 0 saturated carbocycles. The molecule has 0 radical (unpaired) electrons. The summed E-state index contributed by atoms with van der Waals surface area (Å²) in [5.41, 5.74) is 5.45. The lowest BCUT2D eigenvalue weighted by atomic mass is 10.5. The minimum absolute atomic E-state index is 0.275. The number of nitrogen functional groups attached to an aromatic ring is 1. The van der Waals surface area contributed by atoms with E-state index in [0.717, 1.165) is 10.8 Å². The Morgan fingerprint density at radius 3 is 2.93 bits per heavy atom. The van der Waals surface area contributed by atoms with E-state index in [2.05, 4.69) is 9.97 Å². The van der Waals surface area contributed by atoms with Gasteiger partial charge in [-0.15, -0.1) is 0 Å². The van der Waals surface area contributed by atoms with Crippen molar-refractivity contribution in [2.75, 3.05) is 5.73 Å². The molecule has 4 nitrogen and oxygen atoms in total. The Kier molecular flexibility index (Phi) is 3.13. The zero-order valence-corrected chi connectivity index (χ0v) is 9.26. The molecule has 0 aliphatic rings. The summed E-state index contributed by atoms with van der Waals surface area (Å²) in [6.07, 6.45) is 1.62. The van der Waals surface area contributed by atoms with Crippen LogP contribution in [0.25, 0.3) is 0 Å². The van der Waals surface area contributed by atoms with Gasteiger partial charge < -0.3 is 10.2 Å². The van der Waals surface area contributed by atoms with Crippen LogP contribution in [0.1, 0.15) is 5.76 Å². The highest BCUT2D eigenvalue weighted by molar-refractivity contribution is 7.98. The summed E-state index contributed by atoms with van der Waals surface area (Å²) in [5, 5.41) is 1.21. The maximum absolute atomic E-state index is 5.65. The van der Waals surface area contributed by atoms with Crippen LogP contribution < -0.4 is 5.73 Å². The summed E-state index contributed by atoms with van der Waals surface area (Å²) in [7, 11) is 0. The van der Waals surface area contributed by atoms with Gasteiger partial charge in [0.25, 0.3) is 0 Å². The largest absolute Gasteiger partial charge is 0.449 e.